The highest BCUT2D eigenvalue weighted by molar-refractivity contribution is 6.00. The van der Waals surface area contributed by atoms with Gasteiger partial charge in [0.25, 0.3) is 5.91 Å². The number of methoxy groups -OCH3 is 1. The van der Waals surface area contributed by atoms with Crippen molar-refractivity contribution in [1.29, 1.82) is 0 Å². The lowest BCUT2D eigenvalue weighted by molar-refractivity contribution is -0.117. The fourth-order valence-electron chi connectivity index (χ4n) is 1.77. The number of rotatable bonds is 5. The highest BCUT2D eigenvalue weighted by Crippen LogP contribution is 2.12. The number of ether oxygens (including phenoxy) is 1. The van der Waals surface area contributed by atoms with Crippen LogP contribution in [-0.2, 0) is 4.79 Å². The number of aromatic nitrogens is 1. The van der Waals surface area contributed by atoms with E-state index in [0.29, 0.717) is 22.9 Å². The number of benzene rings is 1. The van der Waals surface area contributed by atoms with E-state index in [1.54, 1.807) is 44.2 Å². The average Bonchev–Trinajstić information content (AvgIpc) is 2.92. The maximum atomic E-state index is 12.1. The van der Waals surface area contributed by atoms with Crippen molar-refractivity contribution in [3.05, 3.63) is 41.7 Å². The van der Waals surface area contributed by atoms with Crippen LogP contribution in [0.3, 0.4) is 0 Å². The van der Waals surface area contributed by atoms with Crippen molar-refractivity contribution >= 4 is 17.6 Å². The molecular weight excluding hydrogens is 286 g/mol. The number of aryl methyl sites for hydroxylation is 1. The Balaban J connectivity index is 1.96. The van der Waals surface area contributed by atoms with Gasteiger partial charge in [0.15, 0.2) is 5.82 Å². The van der Waals surface area contributed by atoms with Gasteiger partial charge in [-0.1, -0.05) is 11.2 Å². The third-order valence-electron chi connectivity index (χ3n) is 2.95. The summed E-state index contributed by atoms with van der Waals surface area (Å²) in [7, 11) is 1.52. The van der Waals surface area contributed by atoms with E-state index in [-0.39, 0.29) is 11.8 Å². The van der Waals surface area contributed by atoms with Gasteiger partial charge in [0, 0.05) is 11.6 Å². The number of anilines is 1. The normalized spacial score (nSPS) is 11.6. The molecule has 1 aromatic carbocycles. The number of nitrogens with zero attached hydrogens (tertiary/aromatic N) is 1. The molecule has 0 aliphatic rings. The first-order valence-electron chi connectivity index (χ1n) is 6.68. The van der Waals surface area contributed by atoms with Crippen molar-refractivity contribution in [2.45, 2.75) is 19.9 Å². The van der Waals surface area contributed by atoms with E-state index in [2.05, 4.69) is 15.8 Å². The first kappa shape index (κ1) is 15.6. The molecule has 0 spiro atoms. The maximum absolute atomic E-state index is 12.1. The SMILES string of the molecule is COc1cccc(C(=O)N[C@H](C)C(=O)Nc2cc(C)on2)c1. The Bertz CT molecular complexity index is 681. The minimum absolute atomic E-state index is 0.310. The Hall–Kier alpha value is -2.83. The minimum Gasteiger partial charge on any atom is -0.497 e. The van der Waals surface area contributed by atoms with Crippen LogP contribution in [0.5, 0.6) is 5.75 Å². The molecule has 0 aliphatic heterocycles. The smallest absolute Gasteiger partial charge is 0.252 e. The summed E-state index contributed by atoms with van der Waals surface area (Å²) in [4.78, 5) is 24.1. The minimum atomic E-state index is -0.726. The van der Waals surface area contributed by atoms with Gasteiger partial charge < -0.3 is 19.9 Å². The fraction of sp³-hybridized carbons (Fsp3) is 0.267. The summed E-state index contributed by atoms with van der Waals surface area (Å²) >= 11 is 0. The molecule has 0 radical (unpaired) electrons. The first-order valence-corrected chi connectivity index (χ1v) is 6.68. The molecule has 0 saturated carbocycles. The number of hydrogen-bond acceptors (Lipinski definition) is 5. The highest BCUT2D eigenvalue weighted by Gasteiger charge is 2.18. The fourth-order valence-corrected chi connectivity index (χ4v) is 1.77. The topological polar surface area (TPSA) is 93.5 Å². The molecule has 1 aromatic heterocycles. The molecule has 2 aromatic rings. The van der Waals surface area contributed by atoms with E-state index in [4.69, 9.17) is 9.26 Å². The van der Waals surface area contributed by atoms with Crippen LogP contribution < -0.4 is 15.4 Å². The molecular formula is C15H17N3O4. The molecule has 0 fully saturated rings. The van der Waals surface area contributed by atoms with E-state index in [0.717, 1.165) is 0 Å². The molecule has 0 bridgehead atoms. The Morgan fingerprint density at radius 3 is 2.73 bits per heavy atom. The maximum Gasteiger partial charge on any atom is 0.252 e. The summed E-state index contributed by atoms with van der Waals surface area (Å²) in [5, 5.41) is 8.83. The second-order valence-electron chi connectivity index (χ2n) is 4.74. The van der Waals surface area contributed by atoms with Crippen LogP contribution in [0.25, 0.3) is 0 Å². The van der Waals surface area contributed by atoms with Gasteiger partial charge in [-0.05, 0) is 32.0 Å². The predicted molar refractivity (Wildman–Crippen MR) is 79.8 cm³/mol. The van der Waals surface area contributed by atoms with E-state index in [9.17, 15) is 9.59 Å². The molecule has 0 unspecified atom stereocenters. The Morgan fingerprint density at radius 2 is 2.09 bits per heavy atom. The number of amides is 2. The second-order valence-corrected chi connectivity index (χ2v) is 4.74. The van der Waals surface area contributed by atoms with Crippen molar-refractivity contribution in [1.82, 2.24) is 10.5 Å². The number of carbonyl (C=O) groups is 2. The summed E-state index contributed by atoms with van der Waals surface area (Å²) in [6.07, 6.45) is 0. The number of hydrogen-bond donors (Lipinski definition) is 2. The van der Waals surface area contributed by atoms with E-state index in [1.807, 2.05) is 0 Å². The molecule has 2 amide bonds. The van der Waals surface area contributed by atoms with Crippen LogP contribution in [0.4, 0.5) is 5.82 Å². The lowest BCUT2D eigenvalue weighted by Gasteiger charge is -2.13. The van der Waals surface area contributed by atoms with Gasteiger partial charge in [-0.25, -0.2) is 0 Å². The summed E-state index contributed by atoms with van der Waals surface area (Å²) in [6.45, 7) is 3.30. The zero-order valence-corrected chi connectivity index (χ0v) is 12.5. The summed E-state index contributed by atoms with van der Waals surface area (Å²) in [6, 6.07) is 7.55. The molecule has 1 heterocycles. The Kier molecular flexibility index (Phi) is 4.77. The summed E-state index contributed by atoms with van der Waals surface area (Å²) in [5.41, 5.74) is 0.413. The molecule has 22 heavy (non-hydrogen) atoms. The van der Waals surface area contributed by atoms with Crippen LogP contribution in [0, 0.1) is 6.92 Å². The highest BCUT2D eigenvalue weighted by atomic mass is 16.5. The lowest BCUT2D eigenvalue weighted by Crippen LogP contribution is -2.41. The van der Waals surface area contributed by atoms with Gasteiger partial charge in [-0.15, -0.1) is 0 Å². The summed E-state index contributed by atoms with van der Waals surface area (Å²) < 4.78 is 9.92. The van der Waals surface area contributed by atoms with Gasteiger partial charge in [-0.3, -0.25) is 9.59 Å². The average molecular weight is 303 g/mol. The predicted octanol–water partition coefficient (Wildman–Crippen LogP) is 1.75. The van der Waals surface area contributed by atoms with Crippen molar-refractivity contribution in [2.75, 3.05) is 12.4 Å². The molecule has 1 atom stereocenters. The van der Waals surface area contributed by atoms with Crippen LogP contribution in [0.1, 0.15) is 23.0 Å². The third kappa shape index (κ3) is 3.85. The van der Waals surface area contributed by atoms with E-state index >= 15 is 0 Å². The molecule has 2 N–H and O–H groups in total. The van der Waals surface area contributed by atoms with Crippen molar-refractivity contribution in [3.63, 3.8) is 0 Å². The quantitative estimate of drug-likeness (QED) is 0.877. The van der Waals surface area contributed by atoms with Crippen LogP contribution in [0.15, 0.2) is 34.9 Å². The number of carbonyl (C=O) groups excluding carboxylic acids is 2. The van der Waals surface area contributed by atoms with Crippen LogP contribution in [-0.4, -0.2) is 30.1 Å². The molecule has 0 saturated heterocycles. The molecule has 0 aliphatic carbocycles. The molecule has 116 valence electrons. The summed E-state index contributed by atoms with van der Waals surface area (Å²) in [5.74, 6) is 0.721. The van der Waals surface area contributed by atoms with Crippen LogP contribution >= 0.6 is 0 Å². The first-order chi connectivity index (χ1) is 10.5. The lowest BCUT2D eigenvalue weighted by atomic mass is 10.2. The van der Waals surface area contributed by atoms with Crippen molar-refractivity contribution < 1.29 is 18.8 Å². The standard InChI is InChI=1S/C15H17N3O4/c1-9-7-13(18-22-9)17-14(19)10(2)16-15(20)11-5-4-6-12(8-11)21-3/h4-8,10H,1-3H3,(H,16,20)(H,17,18,19)/t10-/m1/s1. The van der Waals surface area contributed by atoms with Gasteiger partial charge >= 0.3 is 0 Å². The second kappa shape index (κ2) is 6.75. The van der Waals surface area contributed by atoms with Gasteiger partial charge in [0.05, 0.1) is 7.11 Å². The van der Waals surface area contributed by atoms with Gasteiger partial charge in [0.2, 0.25) is 5.91 Å². The van der Waals surface area contributed by atoms with Crippen molar-refractivity contribution in [3.8, 4) is 5.75 Å². The largest absolute Gasteiger partial charge is 0.497 e. The Labute approximate surface area is 127 Å². The monoisotopic (exact) mass is 303 g/mol. The van der Waals surface area contributed by atoms with Gasteiger partial charge in [0.1, 0.15) is 17.6 Å². The molecule has 7 heteroatoms. The zero-order valence-electron chi connectivity index (χ0n) is 12.5. The number of nitrogens with one attached hydrogen (secondary N) is 2. The molecule has 2 rings (SSSR count). The third-order valence-corrected chi connectivity index (χ3v) is 2.95. The van der Waals surface area contributed by atoms with Crippen molar-refractivity contribution in [2.24, 2.45) is 0 Å². The van der Waals surface area contributed by atoms with E-state index < -0.39 is 6.04 Å². The van der Waals surface area contributed by atoms with Crippen LogP contribution in [0.2, 0.25) is 0 Å². The molecule has 7 nitrogen and oxygen atoms in total. The zero-order chi connectivity index (χ0) is 16.1. The van der Waals surface area contributed by atoms with Gasteiger partial charge in [-0.2, -0.15) is 0 Å². The Morgan fingerprint density at radius 1 is 1.32 bits per heavy atom. The van der Waals surface area contributed by atoms with E-state index in [1.165, 1.54) is 7.11 Å².